The van der Waals surface area contributed by atoms with Gasteiger partial charge in [0.25, 0.3) is 0 Å². The van der Waals surface area contributed by atoms with Crippen LogP contribution < -0.4 is 0 Å². The lowest BCUT2D eigenvalue weighted by molar-refractivity contribution is -0.230. The Morgan fingerprint density at radius 2 is 1.88 bits per heavy atom. The third-order valence-corrected chi connectivity index (χ3v) is 8.82. The summed E-state index contributed by atoms with van der Waals surface area (Å²) in [7, 11) is -3.58. The lowest BCUT2D eigenvalue weighted by atomic mass is 10.0. The number of aliphatic hydroxyl groups excluding tert-OH is 2. The molecule has 3 aliphatic heterocycles. The Morgan fingerprint density at radius 3 is 2.58 bits per heavy atom. The first-order valence-electron chi connectivity index (χ1n) is 7.76. The fourth-order valence-corrected chi connectivity index (χ4v) is 7.18. The summed E-state index contributed by atoms with van der Waals surface area (Å²) in [5.41, 5.74) is 0.717. The molecule has 0 aliphatic carbocycles. The highest BCUT2D eigenvalue weighted by molar-refractivity contribution is 8.19. The first-order valence-corrected chi connectivity index (χ1v) is 10.2. The van der Waals surface area contributed by atoms with Gasteiger partial charge in [-0.1, -0.05) is 42.1 Å². The van der Waals surface area contributed by atoms with Crippen molar-refractivity contribution in [2.75, 3.05) is 0 Å². The highest BCUT2D eigenvalue weighted by atomic mass is 32.3. The van der Waals surface area contributed by atoms with E-state index in [1.165, 1.54) is 0 Å². The van der Waals surface area contributed by atoms with Crippen molar-refractivity contribution in [3.8, 4) is 0 Å². The number of hydrogen-bond acceptors (Lipinski definition) is 7. The van der Waals surface area contributed by atoms with E-state index < -0.39 is 44.9 Å². The SMILES string of the molecule is CC1OC2OC3=C(SC2C(O)C1O)S(=O)(=O)C(c1ccccc1)C3. The minimum Gasteiger partial charge on any atom is -0.466 e. The Balaban J connectivity index is 1.67. The molecule has 0 bridgehead atoms. The summed E-state index contributed by atoms with van der Waals surface area (Å²) in [6.45, 7) is 1.65. The Labute approximate surface area is 144 Å². The normalized spacial score (nSPS) is 40.6. The Morgan fingerprint density at radius 1 is 1.17 bits per heavy atom. The van der Waals surface area contributed by atoms with Gasteiger partial charge < -0.3 is 19.7 Å². The number of thioether (sulfide) groups is 1. The van der Waals surface area contributed by atoms with Crippen molar-refractivity contribution >= 4 is 21.6 Å². The largest absolute Gasteiger partial charge is 0.466 e. The van der Waals surface area contributed by atoms with Crippen molar-refractivity contribution in [1.82, 2.24) is 0 Å². The second-order valence-electron chi connectivity index (χ2n) is 6.25. The number of hydrogen-bond donors (Lipinski definition) is 2. The average Bonchev–Trinajstić information content (AvgIpc) is 2.83. The van der Waals surface area contributed by atoms with Gasteiger partial charge in [0.2, 0.25) is 6.29 Å². The molecule has 8 heteroatoms. The third-order valence-electron chi connectivity index (χ3n) is 4.69. The van der Waals surface area contributed by atoms with Crippen molar-refractivity contribution in [1.29, 1.82) is 0 Å². The van der Waals surface area contributed by atoms with Crippen LogP contribution in [0.15, 0.2) is 40.3 Å². The molecule has 1 fully saturated rings. The van der Waals surface area contributed by atoms with Crippen molar-refractivity contribution in [2.24, 2.45) is 0 Å². The van der Waals surface area contributed by atoms with Crippen LogP contribution in [0.25, 0.3) is 0 Å². The fourth-order valence-electron chi connectivity index (χ4n) is 3.33. The lowest BCUT2D eigenvalue weighted by Crippen LogP contribution is -2.56. The molecule has 2 N–H and O–H groups in total. The van der Waals surface area contributed by atoms with Crippen molar-refractivity contribution in [2.45, 2.75) is 48.4 Å². The van der Waals surface area contributed by atoms with Crippen LogP contribution in [0.2, 0.25) is 0 Å². The molecule has 0 saturated carbocycles. The van der Waals surface area contributed by atoms with E-state index in [-0.39, 0.29) is 10.7 Å². The van der Waals surface area contributed by atoms with Crippen LogP contribution in [0.4, 0.5) is 0 Å². The van der Waals surface area contributed by atoms with E-state index in [1.54, 1.807) is 31.2 Å². The fraction of sp³-hybridized carbons (Fsp3) is 0.500. The Kier molecular flexibility index (Phi) is 3.92. The zero-order valence-corrected chi connectivity index (χ0v) is 14.5. The smallest absolute Gasteiger partial charge is 0.214 e. The van der Waals surface area contributed by atoms with Crippen molar-refractivity contribution < 1.29 is 28.1 Å². The van der Waals surface area contributed by atoms with Crippen LogP contribution in [0, 0.1) is 0 Å². The van der Waals surface area contributed by atoms with Crippen LogP contribution in [0.5, 0.6) is 0 Å². The highest BCUT2D eigenvalue weighted by Crippen LogP contribution is 2.53. The molecule has 0 spiro atoms. The van der Waals surface area contributed by atoms with Crippen molar-refractivity contribution in [3.63, 3.8) is 0 Å². The first-order chi connectivity index (χ1) is 11.4. The summed E-state index contributed by atoms with van der Waals surface area (Å²) in [5, 5.41) is 18.9. The number of benzene rings is 1. The molecular formula is C16H18O6S2. The maximum atomic E-state index is 12.9. The van der Waals surface area contributed by atoms with E-state index >= 15 is 0 Å². The molecule has 6 atom stereocenters. The van der Waals surface area contributed by atoms with Crippen LogP contribution in [-0.2, 0) is 19.3 Å². The predicted octanol–water partition coefficient (Wildman–Crippen LogP) is 1.31. The van der Waals surface area contributed by atoms with E-state index in [9.17, 15) is 18.6 Å². The molecule has 0 amide bonds. The molecule has 6 unspecified atom stereocenters. The quantitative estimate of drug-likeness (QED) is 0.770. The molecular weight excluding hydrogens is 352 g/mol. The van der Waals surface area contributed by atoms with Crippen LogP contribution in [0.3, 0.4) is 0 Å². The topological polar surface area (TPSA) is 93.1 Å². The maximum absolute atomic E-state index is 12.9. The summed E-state index contributed by atoms with van der Waals surface area (Å²) < 4.78 is 37.4. The zero-order valence-electron chi connectivity index (χ0n) is 12.9. The minimum atomic E-state index is -3.58. The molecule has 130 valence electrons. The number of aliphatic hydroxyl groups is 2. The number of rotatable bonds is 1. The van der Waals surface area contributed by atoms with Gasteiger partial charge in [-0.25, -0.2) is 8.42 Å². The minimum absolute atomic E-state index is 0.155. The summed E-state index contributed by atoms with van der Waals surface area (Å²) in [5.74, 6) is 0.394. The van der Waals surface area contributed by atoms with Gasteiger partial charge in [-0.05, 0) is 12.5 Å². The van der Waals surface area contributed by atoms with E-state index in [0.29, 0.717) is 11.3 Å². The molecule has 0 radical (unpaired) electrons. The molecule has 6 nitrogen and oxygen atoms in total. The number of fused-ring (bicyclic) bond motifs is 1. The van der Waals surface area contributed by atoms with Gasteiger partial charge in [0.15, 0.2) is 9.84 Å². The standard InChI is InChI=1S/C16H18O6S2/c1-8-12(17)13(18)14-15(21-8)22-10-7-11(9-5-3-2-4-6-9)24(19,20)16(10)23-14/h2-6,8,11-15,17-18H,7H2,1H3. The van der Waals surface area contributed by atoms with Gasteiger partial charge >= 0.3 is 0 Å². The van der Waals surface area contributed by atoms with Gasteiger partial charge in [0, 0.05) is 6.42 Å². The average molecular weight is 370 g/mol. The van der Waals surface area contributed by atoms with E-state index in [4.69, 9.17) is 9.47 Å². The molecule has 1 aromatic carbocycles. The molecule has 3 heterocycles. The first kappa shape index (κ1) is 16.4. The summed E-state index contributed by atoms with van der Waals surface area (Å²) >= 11 is 1.04. The highest BCUT2D eigenvalue weighted by Gasteiger charge is 2.53. The maximum Gasteiger partial charge on any atom is 0.214 e. The van der Waals surface area contributed by atoms with Crippen LogP contribution >= 0.6 is 11.8 Å². The second kappa shape index (κ2) is 5.74. The second-order valence-corrected chi connectivity index (χ2v) is 9.76. The zero-order chi connectivity index (χ0) is 17.1. The number of ether oxygens (including phenoxy) is 2. The molecule has 24 heavy (non-hydrogen) atoms. The van der Waals surface area contributed by atoms with Crippen LogP contribution in [0.1, 0.15) is 24.2 Å². The van der Waals surface area contributed by atoms with E-state index in [1.807, 2.05) is 6.07 Å². The van der Waals surface area contributed by atoms with E-state index in [0.717, 1.165) is 11.8 Å². The van der Waals surface area contributed by atoms with Gasteiger partial charge in [0.1, 0.15) is 27.5 Å². The Hall–Kier alpha value is -1.06. The number of allylic oxidation sites excluding steroid dienone is 1. The van der Waals surface area contributed by atoms with Gasteiger partial charge in [-0.2, -0.15) is 0 Å². The number of sulfone groups is 1. The molecule has 1 saturated heterocycles. The molecule has 3 aliphatic rings. The van der Waals surface area contributed by atoms with Gasteiger partial charge in [0.05, 0.1) is 11.4 Å². The van der Waals surface area contributed by atoms with E-state index in [2.05, 4.69) is 0 Å². The molecule has 4 rings (SSSR count). The summed E-state index contributed by atoms with van der Waals surface area (Å²) in [4.78, 5) is 0. The third kappa shape index (κ3) is 2.40. The lowest BCUT2D eigenvalue weighted by Gasteiger charge is -2.43. The summed E-state index contributed by atoms with van der Waals surface area (Å²) in [6, 6.07) is 9.03. The monoisotopic (exact) mass is 370 g/mol. The molecule has 1 aromatic rings. The van der Waals surface area contributed by atoms with Gasteiger partial charge in [-0.3, -0.25) is 0 Å². The Bertz CT molecular complexity index is 775. The predicted molar refractivity (Wildman–Crippen MR) is 88.6 cm³/mol. The van der Waals surface area contributed by atoms with Crippen LogP contribution in [-0.4, -0.2) is 48.5 Å². The summed E-state index contributed by atoms with van der Waals surface area (Å²) in [6.07, 6.45) is -3.25. The molecule has 0 aromatic heterocycles. The van der Waals surface area contributed by atoms with Gasteiger partial charge in [-0.15, -0.1) is 0 Å². The van der Waals surface area contributed by atoms with Crippen molar-refractivity contribution in [3.05, 3.63) is 45.9 Å².